The Kier molecular flexibility index (Phi) is 5.07. The average molecular weight is 330 g/mol. The number of halogens is 2. The van der Waals surface area contributed by atoms with E-state index in [4.69, 9.17) is 6.42 Å². The molecule has 1 aromatic rings. The highest BCUT2D eigenvalue weighted by atomic mass is 79.9. The Morgan fingerprint density at radius 1 is 1.40 bits per heavy atom. The SMILES string of the molecule is C#CCCCC(=O)c1ccc(Br)cc1Br. The first-order chi connectivity index (χ1) is 7.15. The minimum absolute atomic E-state index is 0.129. The second-order valence-electron chi connectivity index (χ2n) is 3.11. The number of Topliss-reactive ketones (excluding diaryl/α,β-unsaturated/α-hetero) is 1. The summed E-state index contributed by atoms with van der Waals surface area (Å²) in [5.41, 5.74) is 0.718. The zero-order valence-corrected chi connectivity index (χ0v) is 11.3. The molecule has 1 rings (SSSR count). The van der Waals surface area contributed by atoms with E-state index in [0.717, 1.165) is 20.9 Å². The maximum Gasteiger partial charge on any atom is 0.164 e. The van der Waals surface area contributed by atoms with E-state index in [1.165, 1.54) is 0 Å². The summed E-state index contributed by atoms with van der Waals surface area (Å²) in [6.07, 6.45) is 7.03. The molecule has 0 atom stereocenters. The first kappa shape index (κ1) is 12.5. The highest BCUT2D eigenvalue weighted by Gasteiger charge is 2.09. The first-order valence-corrected chi connectivity index (χ1v) is 6.15. The number of benzene rings is 1. The lowest BCUT2D eigenvalue weighted by molar-refractivity contribution is 0.0980. The van der Waals surface area contributed by atoms with Crippen LogP contribution in [0.5, 0.6) is 0 Å². The minimum Gasteiger partial charge on any atom is -0.294 e. The predicted octanol–water partition coefficient (Wildman–Crippen LogP) is 4.20. The summed E-state index contributed by atoms with van der Waals surface area (Å²) in [7, 11) is 0. The highest BCUT2D eigenvalue weighted by molar-refractivity contribution is 9.11. The third-order valence-electron chi connectivity index (χ3n) is 1.96. The summed E-state index contributed by atoms with van der Waals surface area (Å²) in [6.45, 7) is 0. The van der Waals surface area contributed by atoms with Gasteiger partial charge in [-0.05, 0) is 24.6 Å². The van der Waals surface area contributed by atoms with Crippen molar-refractivity contribution < 1.29 is 4.79 Å². The van der Waals surface area contributed by atoms with Gasteiger partial charge in [-0.1, -0.05) is 31.9 Å². The molecule has 0 aliphatic rings. The van der Waals surface area contributed by atoms with Crippen molar-refractivity contribution in [2.75, 3.05) is 0 Å². The lowest BCUT2D eigenvalue weighted by atomic mass is 10.1. The van der Waals surface area contributed by atoms with Gasteiger partial charge in [0.2, 0.25) is 0 Å². The van der Waals surface area contributed by atoms with Crippen LogP contribution in [0.4, 0.5) is 0 Å². The number of terminal acetylenes is 1. The molecule has 1 aromatic carbocycles. The van der Waals surface area contributed by atoms with Gasteiger partial charge < -0.3 is 0 Å². The van der Waals surface area contributed by atoms with E-state index >= 15 is 0 Å². The van der Waals surface area contributed by atoms with Crippen molar-refractivity contribution >= 4 is 37.6 Å². The Hall–Kier alpha value is -0.590. The molecule has 0 spiro atoms. The topological polar surface area (TPSA) is 17.1 Å². The Labute approximate surface area is 107 Å². The lowest BCUT2D eigenvalue weighted by Crippen LogP contribution is -1.99. The molecule has 3 heteroatoms. The number of ketones is 1. The van der Waals surface area contributed by atoms with Gasteiger partial charge >= 0.3 is 0 Å². The Morgan fingerprint density at radius 3 is 2.73 bits per heavy atom. The standard InChI is InChI=1S/C12H10Br2O/c1-2-3-4-5-12(15)10-7-6-9(13)8-11(10)14/h1,6-8H,3-5H2. The lowest BCUT2D eigenvalue weighted by Gasteiger charge is -2.03. The number of carbonyl (C=O) groups excluding carboxylic acids is 1. The smallest absolute Gasteiger partial charge is 0.164 e. The second kappa shape index (κ2) is 6.09. The van der Waals surface area contributed by atoms with E-state index < -0.39 is 0 Å². The van der Waals surface area contributed by atoms with Crippen LogP contribution >= 0.6 is 31.9 Å². The van der Waals surface area contributed by atoms with Crippen molar-refractivity contribution in [2.45, 2.75) is 19.3 Å². The van der Waals surface area contributed by atoms with Gasteiger partial charge in [0.1, 0.15) is 0 Å². The maximum absolute atomic E-state index is 11.7. The zero-order chi connectivity index (χ0) is 11.3. The van der Waals surface area contributed by atoms with Crippen molar-refractivity contribution in [3.63, 3.8) is 0 Å². The van der Waals surface area contributed by atoms with Crippen LogP contribution in [0.2, 0.25) is 0 Å². The summed E-state index contributed by atoms with van der Waals surface area (Å²) >= 11 is 6.71. The highest BCUT2D eigenvalue weighted by Crippen LogP contribution is 2.23. The van der Waals surface area contributed by atoms with Gasteiger partial charge in [0, 0.05) is 27.4 Å². The van der Waals surface area contributed by atoms with Crippen LogP contribution in [0.25, 0.3) is 0 Å². The summed E-state index contributed by atoms with van der Waals surface area (Å²) in [4.78, 5) is 11.7. The Balaban J connectivity index is 2.70. The number of carbonyl (C=O) groups is 1. The van der Waals surface area contributed by atoms with E-state index in [2.05, 4.69) is 37.8 Å². The van der Waals surface area contributed by atoms with Gasteiger partial charge in [0.05, 0.1) is 0 Å². The van der Waals surface area contributed by atoms with Crippen LogP contribution in [0.1, 0.15) is 29.6 Å². The Morgan fingerprint density at radius 2 is 2.13 bits per heavy atom. The van der Waals surface area contributed by atoms with Gasteiger partial charge in [-0.2, -0.15) is 0 Å². The van der Waals surface area contributed by atoms with E-state index in [1.54, 1.807) is 0 Å². The van der Waals surface area contributed by atoms with Gasteiger partial charge in [0.25, 0.3) is 0 Å². The third-order valence-corrected chi connectivity index (χ3v) is 3.11. The van der Waals surface area contributed by atoms with Crippen molar-refractivity contribution in [3.05, 3.63) is 32.7 Å². The normalized spacial score (nSPS) is 9.67. The fourth-order valence-corrected chi connectivity index (χ4v) is 2.47. The van der Waals surface area contributed by atoms with Crippen LogP contribution in [0, 0.1) is 12.3 Å². The molecule has 0 unspecified atom stereocenters. The third kappa shape index (κ3) is 3.81. The van der Waals surface area contributed by atoms with Gasteiger partial charge in [0.15, 0.2) is 5.78 Å². The molecule has 0 amide bonds. The van der Waals surface area contributed by atoms with Gasteiger partial charge in [-0.15, -0.1) is 12.3 Å². The fourth-order valence-electron chi connectivity index (χ4n) is 1.20. The van der Waals surface area contributed by atoms with Crippen LogP contribution in [0.3, 0.4) is 0 Å². The number of hydrogen-bond acceptors (Lipinski definition) is 1. The van der Waals surface area contributed by atoms with Crippen molar-refractivity contribution in [1.29, 1.82) is 0 Å². The number of unbranched alkanes of at least 4 members (excludes halogenated alkanes) is 1. The molecule has 0 radical (unpaired) electrons. The molecule has 0 saturated carbocycles. The van der Waals surface area contributed by atoms with Gasteiger partial charge in [-0.3, -0.25) is 4.79 Å². The molecule has 78 valence electrons. The first-order valence-electron chi connectivity index (χ1n) is 4.57. The molecule has 1 nitrogen and oxygen atoms in total. The fraction of sp³-hybridized carbons (Fsp3) is 0.250. The second-order valence-corrected chi connectivity index (χ2v) is 4.88. The van der Waals surface area contributed by atoms with Crippen LogP contribution in [-0.2, 0) is 0 Å². The van der Waals surface area contributed by atoms with Crippen molar-refractivity contribution in [2.24, 2.45) is 0 Å². The summed E-state index contributed by atoms with van der Waals surface area (Å²) in [6, 6.07) is 5.54. The van der Waals surface area contributed by atoms with Crippen molar-refractivity contribution in [3.8, 4) is 12.3 Å². The number of hydrogen-bond donors (Lipinski definition) is 0. The zero-order valence-electron chi connectivity index (χ0n) is 8.09. The minimum atomic E-state index is 0.129. The molecular weight excluding hydrogens is 320 g/mol. The molecule has 0 bridgehead atoms. The molecule has 0 heterocycles. The molecular formula is C12H10Br2O. The van der Waals surface area contributed by atoms with E-state index in [0.29, 0.717) is 12.8 Å². The number of rotatable bonds is 4. The summed E-state index contributed by atoms with van der Waals surface area (Å²) < 4.78 is 1.78. The van der Waals surface area contributed by atoms with Gasteiger partial charge in [-0.25, -0.2) is 0 Å². The van der Waals surface area contributed by atoms with E-state index in [-0.39, 0.29) is 5.78 Å². The quantitative estimate of drug-likeness (QED) is 0.459. The van der Waals surface area contributed by atoms with E-state index in [1.807, 2.05) is 18.2 Å². The van der Waals surface area contributed by atoms with E-state index in [9.17, 15) is 4.79 Å². The van der Waals surface area contributed by atoms with Crippen LogP contribution < -0.4 is 0 Å². The molecule has 0 N–H and O–H groups in total. The summed E-state index contributed by atoms with van der Waals surface area (Å²) in [5, 5.41) is 0. The summed E-state index contributed by atoms with van der Waals surface area (Å²) in [5.74, 6) is 2.66. The molecule has 0 fully saturated rings. The molecule has 0 aromatic heterocycles. The molecule has 0 aliphatic heterocycles. The molecule has 0 saturated heterocycles. The predicted molar refractivity (Wildman–Crippen MR) is 68.9 cm³/mol. The van der Waals surface area contributed by atoms with Crippen LogP contribution in [-0.4, -0.2) is 5.78 Å². The Bertz CT molecular complexity index is 405. The molecule has 0 aliphatic carbocycles. The largest absolute Gasteiger partial charge is 0.294 e. The monoisotopic (exact) mass is 328 g/mol. The maximum atomic E-state index is 11.7. The van der Waals surface area contributed by atoms with Crippen LogP contribution in [0.15, 0.2) is 27.1 Å². The van der Waals surface area contributed by atoms with Crippen molar-refractivity contribution in [1.82, 2.24) is 0 Å². The molecule has 15 heavy (non-hydrogen) atoms. The average Bonchev–Trinajstić information content (AvgIpc) is 2.17.